The van der Waals surface area contributed by atoms with E-state index in [-0.39, 0.29) is 11.4 Å². The zero-order chi connectivity index (χ0) is 20.0. The van der Waals surface area contributed by atoms with Gasteiger partial charge < -0.3 is 10.6 Å². The van der Waals surface area contributed by atoms with Gasteiger partial charge in [-0.3, -0.25) is 0 Å². The molecule has 0 aliphatic carbocycles. The monoisotopic (exact) mass is 418 g/mol. The van der Waals surface area contributed by atoms with Crippen LogP contribution in [-0.2, 0) is 10.0 Å². The van der Waals surface area contributed by atoms with E-state index in [1.807, 2.05) is 19.1 Å². The number of pyridine rings is 1. The first-order valence-corrected chi connectivity index (χ1v) is 10.3. The van der Waals surface area contributed by atoms with Gasteiger partial charge in [-0.05, 0) is 42.8 Å². The van der Waals surface area contributed by atoms with Crippen LogP contribution in [0.5, 0.6) is 0 Å². The van der Waals surface area contributed by atoms with Gasteiger partial charge in [0.25, 0.3) is 0 Å². The van der Waals surface area contributed by atoms with Crippen molar-refractivity contribution in [3.8, 4) is 0 Å². The second kappa shape index (κ2) is 8.96. The van der Waals surface area contributed by atoms with E-state index in [1.54, 1.807) is 24.4 Å². The molecule has 2 heterocycles. The number of hydrogen-bond acceptors (Lipinski definition) is 7. The minimum absolute atomic E-state index is 0.124. The fourth-order valence-electron chi connectivity index (χ4n) is 2.35. The summed E-state index contributed by atoms with van der Waals surface area (Å²) >= 11 is 5.84. The summed E-state index contributed by atoms with van der Waals surface area (Å²) in [5, 5.41) is 6.52. The Kier molecular flexibility index (Phi) is 6.40. The third kappa shape index (κ3) is 5.62. The number of aryl methyl sites for hydroxylation is 1. The van der Waals surface area contributed by atoms with Crippen LogP contribution >= 0.6 is 11.6 Å². The summed E-state index contributed by atoms with van der Waals surface area (Å²) in [5.74, 6) is 1.82. The third-order valence-corrected chi connectivity index (χ3v) is 5.36. The molecule has 1 aromatic carbocycles. The Hall–Kier alpha value is -2.75. The quantitative estimate of drug-likeness (QED) is 0.482. The van der Waals surface area contributed by atoms with E-state index >= 15 is 0 Å². The molecule has 3 N–H and O–H groups in total. The number of rotatable bonds is 8. The number of sulfonamides is 1. The maximum Gasteiger partial charge on any atom is 0.240 e. The van der Waals surface area contributed by atoms with Crippen LogP contribution in [-0.4, -0.2) is 36.5 Å². The summed E-state index contributed by atoms with van der Waals surface area (Å²) in [5.41, 5.74) is 1.08. The Morgan fingerprint density at radius 1 is 0.964 bits per heavy atom. The van der Waals surface area contributed by atoms with Crippen LogP contribution in [0.25, 0.3) is 0 Å². The standard InChI is InChI=1S/C18H19ClN6O2S/c1-13-5-6-20-17(9-13)25-18-11-16(22-12-23-18)21-7-8-24-28(26,27)15-4-2-3-14(19)10-15/h2-6,9-12,24H,7-8H2,1H3,(H2,20,21,22,23,25). The van der Waals surface area contributed by atoms with E-state index in [4.69, 9.17) is 11.6 Å². The van der Waals surface area contributed by atoms with Crippen LogP contribution in [0, 0.1) is 6.92 Å². The molecule has 0 saturated heterocycles. The zero-order valence-corrected chi connectivity index (χ0v) is 16.6. The summed E-state index contributed by atoms with van der Waals surface area (Å²) in [7, 11) is -3.62. The molecule has 0 bridgehead atoms. The summed E-state index contributed by atoms with van der Waals surface area (Å²) in [6, 6.07) is 11.6. The Morgan fingerprint density at radius 3 is 2.54 bits per heavy atom. The topological polar surface area (TPSA) is 109 Å². The Morgan fingerprint density at radius 2 is 1.75 bits per heavy atom. The molecule has 0 saturated carbocycles. The van der Waals surface area contributed by atoms with Gasteiger partial charge in [-0.2, -0.15) is 0 Å². The molecule has 0 unspecified atom stereocenters. The SMILES string of the molecule is Cc1ccnc(Nc2cc(NCCNS(=O)(=O)c3cccc(Cl)c3)ncn2)c1. The molecule has 0 atom stereocenters. The van der Waals surface area contributed by atoms with Crippen molar-refractivity contribution in [2.24, 2.45) is 0 Å². The van der Waals surface area contributed by atoms with Gasteiger partial charge >= 0.3 is 0 Å². The van der Waals surface area contributed by atoms with Crippen LogP contribution in [0.3, 0.4) is 0 Å². The lowest BCUT2D eigenvalue weighted by Gasteiger charge is -2.10. The number of aromatic nitrogens is 3. The van der Waals surface area contributed by atoms with Crippen LogP contribution < -0.4 is 15.4 Å². The number of anilines is 3. The Bertz CT molecular complexity index is 1060. The smallest absolute Gasteiger partial charge is 0.240 e. The van der Waals surface area contributed by atoms with Gasteiger partial charge in [0.2, 0.25) is 10.0 Å². The van der Waals surface area contributed by atoms with Crippen molar-refractivity contribution in [1.29, 1.82) is 0 Å². The minimum atomic E-state index is -3.62. The Labute approximate surface area is 168 Å². The maximum atomic E-state index is 12.2. The molecule has 0 aliphatic heterocycles. The summed E-state index contributed by atoms with van der Waals surface area (Å²) < 4.78 is 27.0. The minimum Gasteiger partial charge on any atom is -0.369 e. The third-order valence-electron chi connectivity index (χ3n) is 3.67. The van der Waals surface area contributed by atoms with Crippen molar-refractivity contribution in [1.82, 2.24) is 19.7 Å². The first kappa shape index (κ1) is 20.0. The molecular formula is C18H19ClN6O2S. The molecule has 0 fully saturated rings. The molecule has 146 valence electrons. The Balaban J connectivity index is 1.54. The molecule has 3 aromatic rings. The van der Waals surface area contributed by atoms with Crippen LogP contribution in [0.4, 0.5) is 17.5 Å². The predicted molar refractivity (Wildman–Crippen MR) is 109 cm³/mol. The number of benzene rings is 1. The molecular weight excluding hydrogens is 400 g/mol. The van der Waals surface area contributed by atoms with E-state index in [9.17, 15) is 8.42 Å². The highest BCUT2D eigenvalue weighted by Crippen LogP contribution is 2.16. The average Bonchev–Trinajstić information content (AvgIpc) is 2.66. The van der Waals surface area contributed by atoms with Gasteiger partial charge in [0.1, 0.15) is 23.8 Å². The van der Waals surface area contributed by atoms with Crippen molar-refractivity contribution in [3.63, 3.8) is 0 Å². The van der Waals surface area contributed by atoms with Crippen LogP contribution in [0.2, 0.25) is 5.02 Å². The average molecular weight is 419 g/mol. The van der Waals surface area contributed by atoms with E-state index in [2.05, 4.69) is 30.3 Å². The molecule has 28 heavy (non-hydrogen) atoms. The molecule has 10 heteroatoms. The normalized spacial score (nSPS) is 11.2. The summed E-state index contributed by atoms with van der Waals surface area (Å²) in [6.07, 6.45) is 3.13. The van der Waals surface area contributed by atoms with Crippen LogP contribution in [0.15, 0.2) is 59.9 Å². The second-order valence-corrected chi connectivity index (χ2v) is 8.12. The van der Waals surface area contributed by atoms with Crippen molar-refractivity contribution >= 4 is 39.1 Å². The molecule has 3 rings (SSSR count). The summed E-state index contributed by atoms with van der Waals surface area (Å²) in [6.45, 7) is 2.50. The number of halogens is 1. The first-order chi connectivity index (χ1) is 13.4. The predicted octanol–water partition coefficient (Wildman–Crippen LogP) is 2.97. The fraction of sp³-hybridized carbons (Fsp3) is 0.167. The lowest BCUT2D eigenvalue weighted by molar-refractivity contribution is 0.583. The van der Waals surface area contributed by atoms with Crippen molar-refractivity contribution in [2.45, 2.75) is 11.8 Å². The largest absolute Gasteiger partial charge is 0.369 e. The van der Waals surface area contributed by atoms with Gasteiger partial charge in [0.15, 0.2) is 0 Å². The molecule has 0 amide bonds. The number of hydrogen-bond donors (Lipinski definition) is 3. The highest BCUT2D eigenvalue weighted by atomic mass is 35.5. The van der Waals surface area contributed by atoms with E-state index in [1.165, 1.54) is 18.5 Å². The summed E-state index contributed by atoms with van der Waals surface area (Å²) in [4.78, 5) is 12.6. The van der Waals surface area contributed by atoms with Crippen molar-refractivity contribution in [3.05, 3.63) is 65.6 Å². The zero-order valence-electron chi connectivity index (χ0n) is 15.1. The van der Waals surface area contributed by atoms with E-state index < -0.39 is 10.0 Å². The lowest BCUT2D eigenvalue weighted by atomic mass is 10.3. The molecule has 0 radical (unpaired) electrons. The van der Waals surface area contributed by atoms with Gasteiger partial charge in [-0.15, -0.1) is 0 Å². The van der Waals surface area contributed by atoms with Gasteiger partial charge in [-0.1, -0.05) is 17.7 Å². The second-order valence-electron chi connectivity index (χ2n) is 5.91. The number of nitrogens with zero attached hydrogens (tertiary/aromatic N) is 3. The molecule has 0 aliphatic rings. The van der Waals surface area contributed by atoms with Crippen molar-refractivity contribution in [2.75, 3.05) is 23.7 Å². The van der Waals surface area contributed by atoms with E-state index in [0.29, 0.717) is 29.0 Å². The highest BCUT2D eigenvalue weighted by molar-refractivity contribution is 7.89. The van der Waals surface area contributed by atoms with Gasteiger partial charge in [-0.25, -0.2) is 28.1 Å². The molecule has 2 aromatic heterocycles. The fourth-order valence-corrected chi connectivity index (χ4v) is 3.68. The van der Waals surface area contributed by atoms with Crippen molar-refractivity contribution < 1.29 is 8.42 Å². The van der Waals surface area contributed by atoms with Crippen LogP contribution in [0.1, 0.15) is 5.56 Å². The lowest BCUT2D eigenvalue weighted by Crippen LogP contribution is -2.29. The number of nitrogens with one attached hydrogen (secondary N) is 3. The molecule has 0 spiro atoms. The first-order valence-electron chi connectivity index (χ1n) is 8.43. The maximum absolute atomic E-state index is 12.2. The van der Waals surface area contributed by atoms with Gasteiger partial charge in [0, 0.05) is 30.4 Å². The van der Waals surface area contributed by atoms with Gasteiger partial charge in [0.05, 0.1) is 4.90 Å². The molecule has 8 nitrogen and oxygen atoms in total. The van der Waals surface area contributed by atoms with E-state index in [0.717, 1.165) is 5.56 Å². The highest BCUT2D eigenvalue weighted by Gasteiger charge is 2.13.